The second kappa shape index (κ2) is 5.95. The molecule has 1 aromatic carbocycles. The van der Waals surface area contributed by atoms with Gasteiger partial charge in [0.25, 0.3) is 5.91 Å². The number of amides is 1. The Hall–Kier alpha value is -2.67. The van der Waals surface area contributed by atoms with Crippen LogP contribution in [0, 0.1) is 6.92 Å². The molecule has 7 heteroatoms. The van der Waals surface area contributed by atoms with Gasteiger partial charge in [-0.1, -0.05) is 23.4 Å². The number of para-hydroxylation sites is 1. The molecule has 0 radical (unpaired) electrons. The number of likely N-dealkylation sites (tertiary alicyclic amines) is 1. The number of furan rings is 1. The van der Waals surface area contributed by atoms with Crippen molar-refractivity contribution in [3.05, 3.63) is 47.8 Å². The molecule has 1 amide bonds. The zero-order chi connectivity index (χ0) is 17.7. The number of hydrogen-bond donors (Lipinski definition) is 0. The van der Waals surface area contributed by atoms with Gasteiger partial charge in [0.15, 0.2) is 11.6 Å². The Balaban J connectivity index is 1.47. The summed E-state index contributed by atoms with van der Waals surface area (Å²) in [6.07, 6.45) is 1.62. The minimum absolute atomic E-state index is 0.00529. The molecule has 0 bridgehead atoms. The Morgan fingerprint density at radius 2 is 2.19 bits per heavy atom. The van der Waals surface area contributed by atoms with E-state index < -0.39 is 0 Å². The first-order valence-electron chi connectivity index (χ1n) is 8.90. The van der Waals surface area contributed by atoms with Crippen LogP contribution in [-0.4, -0.2) is 46.2 Å². The Labute approximate surface area is 149 Å². The zero-order valence-corrected chi connectivity index (χ0v) is 14.4. The number of carbonyl (C=O) groups is 1. The van der Waals surface area contributed by atoms with Gasteiger partial charge in [0.05, 0.1) is 18.1 Å². The van der Waals surface area contributed by atoms with Gasteiger partial charge in [-0.25, -0.2) is 0 Å². The van der Waals surface area contributed by atoms with Crippen molar-refractivity contribution in [2.24, 2.45) is 0 Å². The second-order valence-electron chi connectivity index (χ2n) is 6.98. The largest absolute Gasteiger partial charge is 0.451 e. The van der Waals surface area contributed by atoms with Crippen LogP contribution in [0.5, 0.6) is 0 Å². The molecule has 134 valence electrons. The van der Waals surface area contributed by atoms with Gasteiger partial charge in [-0.15, -0.1) is 0 Å². The van der Waals surface area contributed by atoms with Gasteiger partial charge >= 0.3 is 0 Å². The molecule has 0 spiro atoms. The third-order valence-electron chi connectivity index (χ3n) is 5.30. The molecule has 2 saturated heterocycles. The van der Waals surface area contributed by atoms with Crippen LogP contribution < -0.4 is 0 Å². The van der Waals surface area contributed by atoms with Crippen molar-refractivity contribution < 1.29 is 18.5 Å². The van der Waals surface area contributed by atoms with Gasteiger partial charge in [0.2, 0.25) is 5.89 Å². The number of aromatic nitrogens is 2. The maximum absolute atomic E-state index is 13.2. The fraction of sp³-hybridized carbons (Fsp3) is 0.421. The van der Waals surface area contributed by atoms with Gasteiger partial charge in [-0.3, -0.25) is 4.79 Å². The molecule has 5 rings (SSSR count). The number of rotatable bonds is 2. The topological polar surface area (TPSA) is 81.6 Å². The smallest absolute Gasteiger partial charge is 0.289 e. The molecule has 2 aromatic heterocycles. The van der Waals surface area contributed by atoms with Crippen molar-refractivity contribution in [1.29, 1.82) is 0 Å². The van der Waals surface area contributed by atoms with Crippen LogP contribution in [0.2, 0.25) is 0 Å². The standard InChI is InChI=1S/C19H19N3O4/c1-11-20-18(26-21-11)13-9-16-14(6-7-24-16)22(10-13)19(23)17-8-12-4-2-3-5-15(12)25-17/h2-5,8,13-14,16H,6-7,9-10H2,1H3/t13-,14+,16+/m0/s1. The predicted molar refractivity (Wildman–Crippen MR) is 91.8 cm³/mol. The third-order valence-corrected chi connectivity index (χ3v) is 5.30. The number of fused-ring (bicyclic) bond motifs is 2. The number of hydrogen-bond acceptors (Lipinski definition) is 6. The molecular weight excluding hydrogens is 334 g/mol. The van der Waals surface area contributed by atoms with Crippen LogP contribution in [0.3, 0.4) is 0 Å². The summed E-state index contributed by atoms with van der Waals surface area (Å²) in [6, 6.07) is 9.52. The highest BCUT2D eigenvalue weighted by atomic mass is 16.5. The highest BCUT2D eigenvalue weighted by molar-refractivity contribution is 5.96. The van der Waals surface area contributed by atoms with Gasteiger partial charge in [0, 0.05) is 18.5 Å². The van der Waals surface area contributed by atoms with Crippen LogP contribution >= 0.6 is 0 Å². The minimum atomic E-state index is -0.109. The Morgan fingerprint density at radius 1 is 1.31 bits per heavy atom. The fourth-order valence-corrected chi connectivity index (χ4v) is 4.07. The van der Waals surface area contributed by atoms with Crippen LogP contribution in [0.4, 0.5) is 0 Å². The lowest BCUT2D eigenvalue weighted by Crippen LogP contribution is -2.51. The number of carbonyl (C=O) groups excluding carboxylic acids is 1. The van der Waals surface area contributed by atoms with E-state index in [1.54, 1.807) is 6.92 Å². The van der Waals surface area contributed by atoms with Crippen LogP contribution in [-0.2, 0) is 4.74 Å². The molecule has 7 nitrogen and oxygen atoms in total. The molecule has 2 aliphatic rings. The van der Waals surface area contributed by atoms with Gasteiger partial charge in [0.1, 0.15) is 5.58 Å². The number of ether oxygens (including phenoxy) is 1. The molecular formula is C19H19N3O4. The maximum atomic E-state index is 13.2. The Morgan fingerprint density at radius 3 is 3.00 bits per heavy atom. The van der Waals surface area contributed by atoms with Gasteiger partial charge in [-0.2, -0.15) is 4.98 Å². The molecule has 0 aliphatic carbocycles. The van der Waals surface area contributed by atoms with Crippen LogP contribution in [0.15, 0.2) is 39.3 Å². The first-order chi connectivity index (χ1) is 12.7. The molecule has 3 aromatic rings. The van der Waals surface area contributed by atoms with Crippen LogP contribution in [0.25, 0.3) is 11.0 Å². The molecule has 26 heavy (non-hydrogen) atoms. The number of piperidine rings is 1. The Kier molecular flexibility index (Phi) is 3.56. The molecule has 2 aliphatic heterocycles. The van der Waals surface area contributed by atoms with Crippen molar-refractivity contribution in [1.82, 2.24) is 15.0 Å². The van der Waals surface area contributed by atoms with Gasteiger partial charge < -0.3 is 18.6 Å². The van der Waals surface area contributed by atoms with E-state index in [2.05, 4.69) is 10.1 Å². The molecule has 3 atom stereocenters. The van der Waals surface area contributed by atoms with E-state index in [9.17, 15) is 4.79 Å². The quantitative estimate of drug-likeness (QED) is 0.705. The highest BCUT2D eigenvalue weighted by Gasteiger charge is 2.44. The number of aryl methyl sites for hydroxylation is 1. The lowest BCUT2D eigenvalue weighted by atomic mass is 9.89. The van der Waals surface area contributed by atoms with E-state index in [0.717, 1.165) is 23.8 Å². The summed E-state index contributed by atoms with van der Waals surface area (Å²) in [5, 5.41) is 4.81. The predicted octanol–water partition coefficient (Wildman–Crippen LogP) is 2.91. The normalized spacial score (nSPS) is 25.6. The van der Waals surface area contributed by atoms with E-state index in [0.29, 0.717) is 30.6 Å². The molecule has 0 N–H and O–H groups in total. The summed E-state index contributed by atoms with van der Waals surface area (Å²) < 4.78 is 17.0. The highest BCUT2D eigenvalue weighted by Crippen LogP contribution is 2.36. The number of benzene rings is 1. The van der Waals surface area contributed by atoms with Crippen molar-refractivity contribution >= 4 is 16.9 Å². The lowest BCUT2D eigenvalue weighted by molar-refractivity contribution is 0.0110. The summed E-state index contributed by atoms with van der Waals surface area (Å²) in [5.74, 6) is 1.40. The SMILES string of the molecule is Cc1noc([C@H]2C[C@H]3OCC[C@H]3N(C(=O)c3cc4ccccc4o3)C2)n1. The summed E-state index contributed by atoms with van der Waals surface area (Å²) in [6.45, 7) is 2.99. The van der Waals surface area contributed by atoms with Gasteiger partial charge in [-0.05, 0) is 31.9 Å². The van der Waals surface area contributed by atoms with Crippen molar-refractivity contribution in [2.45, 2.75) is 37.8 Å². The van der Waals surface area contributed by atoms with E-state index in [1.807, 2.05) is 35.2 Å². The van der Waals surface area contributed by atoms with E-state index in [1.165, 1.54) is 0 Å². The van der Waals surface area contributed by atoms with E-state index in [-0.39, 0.29) is 24.0 Å². The molecule has 0 saturated carbocycles. The minimum Gasteiger partial charge on any atom is -0.451 e. The van der Waals surface area contributed by atoms with Crippen molar-refractivity contribution in [3.63, 3.8) is 0 Å². The average Bonchev–Trinajstić information content (AvgIpc) is 3.38. The number of nitrogens with zero attached hydrogens (tertiary/aromatic N) is 3. The maximum Gasteiger partial charge on any atom is 0.289 e. The molecule has 0 unspecified atom stereocenters. The summed E-state index contributed by atoms with van der Waals surface area (Å²) >= 11 is 0. The third kappa shape index (κ3) is 2.50. The monoisotopic (exact) mass is 353 g/mol. The van der Waals surface area contributed by atoms with E-state index in [4.69, 9.17) is 13.7 Å². The fourth-order valence-electron chi connectivity index (χ4n) is 4.07. The first kappa shape index (κ1) is 15.6. The summed E-state index contributed by atoms with van der Waals surface area (Å²) in [7, 11) is 0. The summed E-state index contributed by atoms with van der Waals surface area (Å²) in [5.41, 5.74) is 0.719. The second-order valence-corrected chi connectivity index (χ2v) is 6.98. The van der Waals surface area contributed by atoms with Crippen molar-refractivity contribution in [3.8, 4) is 0 Å². The van der Waals surface area contributed by atoms with E-state index >= 15 is 0 Å². The summed E-state index contributed by atoms with van der Waals surface area (Å²) in [4.78, 5) is 19.4. The molecule has 2 fully saturated rings. The van der Waals surface area contributed by atoms with Crippen molar-refractivity contribution in [2.75, 3.05) is 13.2 Å². The zero-order valence-electron chi connectivity index (χ0n) is 14.4. The average molecular weight is 353 g/mol. The lowest BCUT2D eigenvalue weighted by Gasteiger charge is -2.39. The first-order valence-corrected chi connectivity index (χ1v) is 8.90. The van der Waals surface area contributed by atoms with Crippen LogP contribution in [0.1, 0.15) is 41.0 Å². The Bertz CT molecular complexity index is 930. The molecule has 4 heterocycles.